The van der Waals surface area contributed by atoms with E-state index >= 15 is 0 Å². The average Bonchev–Trinajstić information content (AvgIpc) is 3.30. The van der Waals surface area contributed by atoms with E-state index in [4.69, 9.17) is 0 Å². The Bertz CT molecular complexity index is 943. The van der Waals surface area contributed by atoms with E-state index in [9.17, 15) is 13.2 Å². The Kier molecular flexibility index (Phi) is 4.97. The summed E-state index contributed by atoms with van der Waals surface area (Å²) in [6.07, 6.45) is 1.13. The van der Waals surface area contributed by atoms with Crippen molar-refractivity contribution in [1.29, 1.82) is 0 Å². The van der Waals surface area contributed by atoms with Crippen LogP contribution >= 0.6 is 0 Å². The van der Waals surface area contributed by atoms with E-state index in [0.717, 1.165) is 61.3 Å². The number of hydrogen-bond acceptors (Lipinski definition) is 3. The van der Waals surface area contributed by atoms with Crippen molar-refractivity contribution < 1.29 is 13.2 Å². The van der Waals surface area contributed by atoms with Gasteiger partial charge in [-0.05, 0) is 44.0 Å². The second-order valence-corrected chi connectivity index (χ2v) is 7.34. The van der Waals surface area contributed by atoms with Gasteiger partial charge in [0.15, 0.2) is 0 Å². The van der Waals surface area contributed by atoms with Gasteiger partial charge in [0, 0.05) is 42.2 Å². The van der Waals surface area contributed by atoms with E-state index in [1.165, 1.54) is 12.1 Å². The molecule has 0 bridgehead atoms. The minimum atomic E-state index is -4.36. The first-order valence-corrected chi connectivity index (χ1v) is 9.34. The zero-order valence-corrected chi connectivity index (χ0v) is 15.6. The standard InChI is InChI=1S/C20H22F3N5/c1-13-24-9-17(26-13)12-28-7-3-5-15(11-28)19-18(10-25-27-19)14-4-2-6-16(8-14)20(21,22)23/h2,4,6,8-10,15H,3,5,7,11-12H2,1H3,(H,24,26)(H,25,27)/t15-/m0/s1. The Labute approximate surface area is 161 Å². The molecule has 0 saturated carbocycles. The normalized spacial score (nSPS) is 18.5. The molecule has 0 spiro atoms. The molecule has 8 heteroatoms. The third kappa shape index (κ3) is 3.96. The van der Waals surface area contributed by atoms with Gasteiger partial charge in [-0.2, -0.15) is 18.3 Å². The van der Waals surface area contributed by atoms with Crippen molar-refractivity contribution in [3.05, 3.63) is 59.4 Å². The molecule has 148 valence electrons. The number of nitrogens with one attached hydrogen (secondary N) is 2. The molecule has 1 saturated heterocycles. The minimum Gasteiger partial charge on any atom is -0.345 e. The molecule has 3 aromatic rings. The van der Waals surface area contributed by atoms with Crippen molar-refractivity contribution in [1.82, 2.24) is 25.1 Å². The molecule has 3 heterocycles. The summed E-state index contributed by atoms with van der Waals surface area (Å²) in [7, 11) is 0. The fraction of sp³-hybridized carbons (Fsp3) is 0.400. The van der Waals surface area contributed by atoms with E-state index in [1.807, 2.05) is 13.1 Å². The molecule has 0 aliphatic carbocycles. The maximum Gasteiger partial charge on any atom is 0.416 e. The van der Waals surface area contributed by atoms with Crippen LogP contribution in [0, 0.1) is 6.92 Å². The maximum absolute atomic E-state index is 13.1. The van der Waals surface area contributed by atoms with Gasteiger partial charge in [-0.15, -0.1) is 0 Å². The minimum absolute atomic E-state index is 0.199. The first kappa shape index (κ1) is 18.7. The Hall–Kier alpha value is -2.61. The zero-order chi connectivity index (χ0) is 19.7. The van der Waals surface area contributed by atoms with Gasteiger partial charge in [0.25, 0.3) is 0 Å². The largest absolute Gasteiger partial charge is 0.416 e. The molecule has 5 nitrogen and oxygen atoms in total. The van der Waals surface area contributed by atoms with Crippen molar-refractivity contribution in [2.24, 2.45) is 0 Å². The van der Waals surface area contributed by atoms with E-state index in [1.54, 1.807) is 12.3 Å². The molecular formula is C20H22F3N5. The van der Waals surface area contributed by atoms with Gasteiger partial charge < -0.3 is 4.98 Å². The van der Waals surface area contributed by atoms with Crippen LogP contribution < -0.4 is 0 Å². The number of imidazole rings is 1. The molecule has 1 fully saturated rings. The van der Waals surface area contributed by atoms with Crippen molar-refractivity contribution in [2.75, 3.05) is 13.1 Å². The maximum atomic E-state index is 13.1. The average molecular weight is 389 g/mol. The molecule has 1 atom stereocenters. The van der Waals surface area contributed by atoms with Gasteiger partial charge in [0.05, 0.1) is 11.8 Å². The highest BCUT2D eigenvalue weighted by Gasteiger charge is 2.31. The van der Waals surface area contributed by atoms with Crippen LogP contribution in [0.25, 0.3) is 11.1 Å². The summed E-state index contributed by atoms with van der Waals surface area (Å²) in [6.45, 7) is 4.52. The van der Waals surface area contributed by atoms with E-state index in [0.29, 0.717) is 5.56 Å². The number of aromatic nitrogens is 4. The Morgan fingerprint density at radius 2 is 2.11 bits per heavy atom. The van der Waals surface area contributed by atoms with Crippen LogP contribution in [0.5, 0.6) is 0 Å². The number of aromatic amines is 2. The predicted octanol–water partition coefficient (Wildman–Crippen LogP) is 4.51. The third-order valence-corrected chi connectivity index (χ3v) is 5.23. The highest BCUT2D eigenvalue weighted by atomic mass is 19.4. The molecule has 1 aliphatic rings. The summed E-state index contributed by atoms with van der Waals surface area (Å²) in [5, 5.41) is 7.18. The van der Waals surface area contributed by atoms with E-state index in [2.05, 4.69) is 25.1 Å². The molecule has 2 N–H and O–H groups in total. The molecular weight excluding hydrogens is 367 g/mol. The lowest BCUT2D eigenvalue weighted by atomic mass is 9.90. The predicted molar refractivity (Wildman–Crippen MR) is 99.6 cm³/mol. The molecule has 28 heavy (non-hydrogen) atoms. The van der Waals surface area contributed by atoms with E-state index < -0.39 is 11.7 Å². The van der Waals surface area contributed by atoms with Gasteiger partial charge >= 0.3 is 6.18 Å². The summed E-state index contributed by atoms with van der Waals surface area (Å²) in [5.74, 6) is 1.09. The number of hydrogen-bond donors (Lipinski definition) is 2. The lowest BCUT2D eigenvalue weighted by molar-refractivity contribution is -0.137. The summed E-state index contributed by atoms with van der Waals surface area (Å²) >= 11 is 0. The third-order valence-electron chi connectivity index (χ3n) is 5.23. The molecule has 0 unspecified atom stereocenters. The van der Waals surface area contributed by atoms with Crippen LogP contribution in [0.2, 0.25) is 0 Å². The van der Waals surface area contributed by atoms with Crippen LogP contribution in [-0.2, 0) is 12.7 Å². The van der Waals surface area contributed by atoms with Crippen molar-refractivity contribution in [2.45, 2.75) is 38.4 Å². The number of likely N-dealkylation sites (tertiary alicyclic amines) is 1. The first-order valence-electron chi connectivity index (χ1n) is 9.34. The molecule has 0 radical (unpaired) electrons. The lowest BCUT2D eigenvalue weighted by Gasteiger charge is -2.32. The van der Waals surface area contributed by atoms with Crippen LogP contribution in [0.1, 0.15) is 41.5 Å². The molecule has 0 amide bonds. The Balaban J connectivity index is 1.55. The topological polar surface area (TPSA) is 60.6 Å². The van der Waals surface area contributed by atoms with Gasteiger partial charge in [-0.1, -0.05) is 12.1 Å². The number of benzene rings is 1. The lowest BCUT2D eigenvalue weighted by Crippen LogP contribution is -2.34. The number of rotatable bonds is 4. The van der Waals surface area contributed by atoms with Crippen LogP contribution in [0.15, 0.2) is 36.7 Å². The monoisotopic (exact) mass is 389 g/mol. The number of alkyl halides is 3. The molecule has 2 aromatic heterocycles. The number of piperidine rings is 1. The fourth-order valence-electron chi connectivity index (χ4n) is 3.93. The highest BCUT2D eigenvalue weighted by molar-refractivity contribution is 5.66. The molecule has 1 aliphatic heterocycles. The number of H-pyrrole nitrogens is 2. The second-order valence-electron chi connectivity index (χ2n) is 7.34. The molecule has 1 aromatic carbocycles. The SMILES string of the molecule is Cc1ncc(CN2CCC[C@H](c3[nH]ncc3-c3cccc(C(F)(F)F)c3)C2)[nH]1. The van der Waals surface area contributed by atoms with Crippen LogP contribution in [0.4, 0.5) is 13.2 Å². The fourth-order valence-corrected chi connectivity index (χ4v) is 3.93. The highest BCUT2D eigenvalue weighted by Crippen LogP contribution is 2.36. The number of aryl methyl sites for hydroxylation is 1. The van der Waals surface area contributed by atoms with Crippen LogP contribution in [0.3, 0.4) is 0 Å². The number of halogens is 3. The van der Waals surface area contributed by atoms with Gasteiger partial charge in [0.2, 0.25) is 0 Å². The molecule has 4 rings (SSSR count). The Morgan fingerprint density at radius 3 is 2.86 bits per heavy atom. The van der Waals surface area contributed by atoms with Crippen molar-refractivity contribution in [3.63, 3.8) is 0 Å². The second kappa shape index (κ2) is 7.43. The summed E-state index contributed by atoms with van der Waals surface area (Å²) in [4.78, 5) is 9.84. The summed E-state index contributed by atoms with van der Waals surface area (Å²) in [6, 6.07) is 5.44. The van der Waals surface area contributed by atoms with Gasteiger partial charge in [-0.25, -0.2) is 4.98 Å². The van der Waals surface area contributed by atoms with E-state index in [-0.39, 0.29) is 5.92 Å². The first-order chi connectivity index (χ1) is 13.4. The smallest absolute Gasteiger partial charge is 0.345 e. The van der Waals surface area contributed by atoms with Gasteiger partial charge in [-0.3, -0.25) is 10.00 Å². The van der Waals surface area contributed by atoms with Crippen LogP contribution in [-0.4, -0.2) is 38.2 Å². The number of nitrogens with zero attached hydrogens (tertiary/aromatic N) is 3. The van der Waals surface area contributed by atoms with Crippen molar-refractivity contribution in [3.8, 4) is 11.1 Å². The Morgan fingerprint density at radius 1 is 1.25 bits per heavy atom. The summed E-state index contributed by atoms with van der Waals surface area (Å²) < 4.78 is 39.3. The summed E-state index contributed by atoms with van der Waals surface area (Å²) in [5.41, 5.74) is 2.62. The van der Waals surface area contributed by atoms with Gasteiger partial charge in [0.1, 0.15) is 5.82 Å². The van der Waals surface area contributed by atoms with Crippen molar-refractivity contribution >= 4 is 0 Å². The zero-order valence-electron chi connectivity index (χ0n) is 15.6. The quantitative estimate of drug-likeness (QED) is 0.690.